The number of carbonyl (C=O) groups excluding carboxylic acids is 2. The normalized spacial score (nSPS) is 11.4. The third-order valence-electron chi connectivity index (χ3n) is 3.82. The average Bonchev–Trinajstić information content (AvgIpc) is 3.20. The van der Waals surface area contributed by atoms with Crippen molar-refractivity contribution in [1.82, 2.24) is 5.32 Å². The summed E-state index contributed by atoms with van der Waals surface area (Å²) in [5.41, 5.74) is 1.54. The fourth-order valence-corrected chi connectivity index (χ4v) is 3.45. The van der Waals surface area contributed by atoms with E-state index in [1.54, 1.807) is 35.6 Å². The topological polar surface area (TPSA) is 67.4 Å². The minimum absolute atomic E-state index is 0.148. The smallest absolute Gasteiger partial charge is 0.258 e. The Morgan fingerprint density at radius 3 is 2.44 bits per heavy atom. The molecule has 2 amide bonds. The van der Waals surface area contributed by atoms with Crippen molar-refractivity contribution in [2.75, 3.05) is 11.9 Å². The number of hydrogen-bond acceptors (Lipinski definition) is 4. The van der Waals surface area contributed by atoms with Gasteiger partial charge in [-0.2, -0.15) is 0 Å². The molecule has 27 heavy (non-hydrogen) atoms. The maximum atomic E-state index is 12.5. The van der Waals surface area contributed by atoms with Gasteiger partial charge < -0.3 is 15.4 Å². The monoisotopic (exact) mass is 380 g/mol. The number of rotatable bonds is 7. The zero-order chi connectivity index (χ0) is 19.1. The van der Waals surface area contributed by atoms with Gasteiger partial charge in [-0.3, -0.25) is 9.59 Å². The molecule has 5 nitrogen and oxygen atoms in total. The van der Waals surface area contributed by atoms with Crippen LogP contribution in [0.3, 0.4) is 0 Å². The molecule has 1 aromatic heterocycles. The first-order valence-corrected chi connectivity index (χ1v) is 9.38. The third kappa shape index (κ3) is 5.18. The minimum atomic E-state index is -0.241. The zero-order valence-electron chi connectivity index (χ0n) is 14.8. The molecular formula is C21H20N2O3S. The standard InChI is InChI=1S/C21H20N2O3S/c1-15(24)22-17-10-5-6-11-18(17)26-14-20(25)23-21(19-12-7-13-27-19)16-8-3-2-4-9-16/h2-13,21H,14H2,1H3,(H,22,24)(H,23,25)/t21-/m0/s1. The van der Waals surface area contributed by atoms with Crippen molar-refractivity contribution >= 4 is 28.8 Å². The molecule has 0 aliphatic carbocycles. The summed E-state index contributed by atoms with van der Waals surface area (Å²) in [6, 6.07) is 20.6. The number of anilines is 1. The van der Waals surface area contributed by atoms with Crippen LogP contribution < -0.4 is 15.4 Å². The number of carbonyl (C=O) groups is 2. The van der Waals surface area contributed by atoms with Crippen LogP contribution >= 0.6 is 11.3 Å². The summed E-state index contributed by atoms with van der Waals surface area (Å²) in [5.74, 6) is 0.0162. The van der Waals surface area contributed by atoms with Crippen LogP contribution in [0.2, 0.25) is 0 Å². The molecule has 0 spiro atoms. The zero-order valence-corrected chi connectivity index (χ0v) is 15.7. The number of thiophene rings is 1. The molecule has 2 aromatic carbocycles. The van der Waals surface area contributed by atoms with E-state index in [1.165, 1.54) is 6.92 Å². The van der Waals surface area contributed by atoms with Crippen molar-refractivity contribution in [3.63, 3.8) is 0 Å². The average molecular weight is 380 g/mol. The summed E-state index contributed by atoms with van der Waals surface area (Å²) in [4.78, 5) is 24.9. The predicted octanol–water partition coefficient (Wildman–Crippen LogP) is 3.99. The Hall–Kier alpha value is -3.12. The van der Waals surface area contributed by atoms with Crippen molar-refractivity contribution in [2.24, 2.45) is 0 Å². The van der Waals surface area contributed by atoms with Crippen LogP contribution in [0.4, 0.5) is 5.69 Å². The SMILES string of the molecule is CC(=O)Nc1ccccc1OCC(=O)N[C@@H](c1ccccc1)c1cccs1. The molecule has 0 aliphatic rings. The molecule has 1 atom stereocenters. The maximum Gasteiger partial charge on any atom is 0.258 e. The predicted molar refractivity (Wildman–Crippen MR) is 107 cm³/mol. The Labute approximate surface area is 162 Å². The first-order valence-electron chi connectivity index (χ1n) is 8.50. The van der Waals surface area contributed by atoms with Gasteiger partial charge >= 0.3 is 0 Å². The van der Waals surface area contributed by atoms with Crippen molar-refractivity contribution in [3.8, 4) is 5.75 Å². The molecule has 2 N–H and O–H groups in total. The third-order valence-corrected chi connectivity index (χ3v) is 4.76. The Bertz CT molecular complexity index is 895. The highest BCUT2D eigenvalue weighted by Gasteiger charge is 2.18. The van der Waals surface area contributed by atoms with E-state index in [-0.39, 0.29) is 24.5 Å². The fraction of sp³-hybridized carbons (Fsp3) is 0.143. The van der Waals surface area contributed by atoms with Gasteiger partial charge in [0.25, 0.3) is 5.91 Å². The number of hydrogen-bond donors (Lipinski definition) is 2. The molecule has 138 valence electrons. The fourth-order valence-electron chi connectivity index (χ4n) is 2.65. The lowest BCUT2D eigenvalue weighted by Crippen LogP contribution is -2.33. The summed E-state index contributed by atoms with van der Waals surface area (Å²) >= 11 is 1.59. The summed E-state index contributed by atoms with van der Waals surface area (Å²) in [6.45, 7) is 1.28. The molecular weight excluding hydrogens is 360 g/mol. The Kier molecular flexibility index (Phi) is 6.22. The lowest BCUT2D eigenvalue weighted by Gasteiger charge is -2.18. The van der Waals surface area contributed by atoms with Crippen LogP contribution in [0, 0.1) is 0 Å². The van der Waals surface area contributed by atoms with Gasteiger partial charge in [0.05, 0.1) is 11.7 Å². The highest BCUT2D eigenvalue weighted by molar-refractivity contribution is 7.10. The maximum absolute atomic E-state index is 12.5. The largest absolute Gasteiger partial charge is 0.482 e. The van der Waals surface area contributed by atoms with Crippen molar-refractivity contribution in [1.29, 1.82) is 0 Å². The van der Waals surface area contributed by atoms with Crippen LogP contribution in [-0.2, 0) is 9.59 Å². The molecule has 0 unspecified atom stereocenters. The van der Waals surface area contributed by atoms with Crippen LogP contribution in [0.15, 0.2) is 72.1 Å². The van der Waals surface area contributed by atoms with Crippen LogP contribution in [0.1, 0.15) is 23.4 Å². The Morgan fingerprint density at radius 2 is 1.74 bits per heavy atom. The van der Waals surface area contributed by atoms with E-state index >= 15 is 0 Å². The van der Waals surface area contributed by atoms with Gasteiger partial charge in [0.2, 0.25) is 5.91 Å². The van der Waals surface area contributed by atoms with Crippen molar-refractivity contribution < 1.29 is 14.3 Å². The van der Waals surface area contributed by atoms with Crippen molar-refractivity contribution in [2.45, 2.75) is 13.0 Å². The number of para-hydroxylation sites is 2. The minimum Gasteiger partial charge on any atom is -0.482 e. The number of benzene rings is 2. The lowest BCUT2D eigenvalue weighted by molar-refractivity contribution is -0.123. The van der Waals surface area contributed by atoms with Gasteiger partial charge in [-0.05, 0) is 29.1 Å². The van der Waals surface area contributed by atoms with E-state index in [4.69, 9.17) is 4.74 Å². The number of ether oxygens (including phenoxy) is 1. The summed E-state index contributed by atoms with van der Waals surface area (Å²) in [6.07, 6.45) is 0. The molecule has 0 radical (unpaired) electrons. The summed E-state index contributed by atoms with van der Waals surface area (Å²) in [5, 5.41) is 7.70. The molecule has 3 rings (SSSR count). The van der Waals surface area contributed by atoms with Gasteiger partial charge in [-0.25, -0.2) is 0 Å². The second-order valence-electron chi connectivity index (χ2n) is 5.89. The van der Waals surface area contributed by atoms with Crippen LogP contribution in [0.5, 0.6) is 5.75 Å². The Balaban J connectivity index is 1.68. The second-order valence-corrected chi connectivity index (χ2v) is 6.87. The highest BCUT2D eigenvalue weighted by Crippen LogP contribution is 2.26. The summed E-state index contributed by atoms with van der Waals surface area (Å²) < 4.78 is 5.63. The second kappa shape index (κ2) is 9.00. The molecule has 0 fully saturated rings. The van der Waals surface area contributed by atoms with Gasteiger partial charge in [-0.1, -0.05) is 48.5 Å². The van der Waals surface area contributed by atoms with E-state index < -0.39 is 0 Å². The van der Waals surface area contributed by atoms with E-state index in [9.17, 15) is 9.59 Å². The lowest BCUT2D eigenvalue weighted by atomic mass is 10.1. The molecule has 0 saturated carbocycles. The van der Waals surface area contributed by atoms with Gasteiger partial charge in [0, 0.05) is 11.8 Å². The van der Waals surface area contributed by atoms with Crippen LogP contribution in [0.25, 0.3) is 0 Å². The first-order chi connectivity index (χ1) is 13.1. The molecule has 6 heteroatoms. The Morgan fingerprint density at radius 1 is 1.00 bits per heavy atom. The van der Waals surface area contributed by atoms with Crippen molar-refractivity contribution in [3.05, 3.63) is 82.6 Å². The van der Waals surface area contributed by atoms with Gasteiger partial charge in [0.1, 0.15) is 5.75 Å². The number of nitrogens with one attached hydrogen (secondary N) is 2. The first kappa shape index (κ1) is 18.7. The quantitative estimate of drug-likeness (QED) is 0.651. The number of amides is 2. The molecule has 0 aliphatic heterocycles. The van der Waals surface area contributed by atoms with Crippen LogP contribution in [-0.4, -0.2) is 18.4 Å². The summed E-state index contributed by atoms with van der Waals surface area (Å²) in [7, 11) is 0. The molecule has 0 bridgehead atoms. The highest BCUT2D eigenvalue weighted by atomic mass is 32.1. The molecule has 3 aromatic rings. The molecule has 1 heterocycles. The van der Waals surface area contributed by atoms with Gasteiger partial charge in [0.15, 0.2) is 6.61 Å². The molecule has 0 saturated heterocycles. The van der Waals surface area contributed by atoms with E-state index in [1.807, 2.05) is 47.8 Å². The van der Waals surface area contributed by atoms with E-state index in [0.717, 1.165) is 10.4 Å². The van der Waals surface area contributed by atoms with E-state index in [0.29, 0.717) is 11.4 Å². The van der Waals surface area contributed by atoms with Gasteiger partial charge in [-0.15, -0.1) is 11.3 Å². The van der Waals surface area contributed by atoms with E-state index in [2.05, 4.69) is 10.6 Å².